The topological polar surface area (TPSA) is 202 Å². The summed E-state index contributed by atoms with van der Waals surface area (Å²) in [6.45, 7) is 2.00. The average molecular weight is 630 g/mol. The Morgan fingerprint density at radius 3 is 2.44 bits per heavy atom. The van der Waals surface area contributed by atoms with Gasteiger partial charge >= 0.3 is 11.6 Å². The van der Waals surface area contributed by atoms with Crippen molar-refractivity contribution in [3.8, 4) is 28.7 Å². The molecule has 1 aliphatic carbocycles. The van der Waals surface area contributed by atoms with Gasteiger partial charge in [0, 0.05) is 17.7 Å². The number of aromatic hydroxyl groups is 3. The summed E-state index contributed by atoms with van der Waals surface area (Å²) in [5.74, 6) is -7.37. The van der Waals surface area contributed by atoms with Gasteiger partial charge in [-0.1, -0.05) is 0 Å². The highest BCUT2D eigenvalue weighted by Crippen LogP contribution is 2.57. The number of phenolic OH excluding ortho intramolecular Hbond substituents is 3. The Bertz CT molecular complexity index is 1840. The molecule has 5 N–H and O–H groups in total. The Morgan fingerprint density at radius 1 is 1.07 bits per heavy atom. The van der Waals surface area contributed by atoms with Crippen LogP contribution in [0.5, 0.6) is 28.7 Å². The summed E-state index contributed by atoms with van der Waals surface area (Å²) in [6, 6.07) is 2.51. The van der Waals surface area contributed by atoms with Crippen LogP contribution in [-0.4, -0.2) is 57.4 Å². The first-order valence-electron chi connectivity index (χ1n) is 12.2. The summed E-state index contributed by atoms with van der Waals surface area (Å²) in [5, 5.41) is 46.8. The number of likely N-dealkylation sites (N-methyl/N-ethyl adjacent to an activating group) is 1. The molecule has 6 rings (SSSR count). The van der Waals surface area contributed by atoms with Crippen molar-refractivity contribution >= 4 is 44.2 Å². The quantitative estimate of drug-likeness (QED) is 0.209. The zero-order valence-electron chi connectivity index (χ0n) is 21.3. The average Bonchev–Trinajstić information content (AvgIpc) is 3.31. The van der Waals surface area contributed by atoms with Crippen molar-refractivity contribution in [1.29, 1.82) is 0 Å². The molecule has 0 radical (unpaired) electrons. The molecule has 3 aliphatic rings. The number of Topliss-reactive ketones (excluding diaryl/α,β-unsaturated/α-hetero) is 2. The van der Waals surface area contributed by atoms with Crippen LogP contribution in [0.1, 0.15) is 61.8 Å². The van der Waals surface area contributed by atoms with E-state index in [-0.39, 0.29) is 56.4 Å². The predicted octanol–water partition coefficient (Wildman–Crippen LogP) is 2.44. The van der Waals surface area contributed by atoms with Gasteiger partial charge in [-0.15, -0.1) is 0 Å². The molecule has 212 valence electrons. The fraction of sp³-hybridized carbons (Fsp3) is 0.259. The van der Waals surface area contributed by atoms with Crippen LogP contribution in [0.3, 0.4) is 0 Å². The Morgan fingerprint density at radius 2 is 1.76 bits per heavy atom. The highest BCUT2D eigenvalue weighted by Gasteiger charge is 2.52. The number of carbonyl (C=O) groups excluding carboxylic acids is 3. The van der Waals surface area contributed by atoms with E-state index in [9.17, 15) is 39.6 Å². The van der Waals surface area contributed by atoms with Gasteiger partial charge in [-0.05, 0) is 40.4 Å². The number of halogens is 1. The van der Waals surface area contributed by atoms with Crippen molar-refractivity contribution in [2.45, 2.75) is 31.7 Å². The number of esters is 1. The van der Waals surface area contributed by atoms with E-state index < -0.39 is 69.2 Å². The van der Waals surface area contributed by atoms with E-state index >= 15 is 0 Å². The molecule has 41 heavy (non-hydrogen) atoms. The van der Waals surface area contributed by atoms with Gasteiger partial charge in [0.2, 0.25) is 17.3 Å². The number of aliphatic hydroxyl groups excluding tert-OH is 1. The zero-order valence-corrected chi connectivity index (χ0v) is 22.9. The number of hydrogen-bond donors (Lipinski definition) is 5. The highest BCUT2D eigenvalue weighted by molar-refractivity contribution is 9.12. The standard InChI is InChI=1S/C27H20BrNO12/c1-3-29-17-16(28)19(32)14-15(20(17)33)22(35)24-10(18(14)31)6-27(41-24)7-11(30)9-4-8-5-12(25(36)38-2)39-26(37)13(8)21(34)23(9)40-27/h4-5,11,29-31,34-35H,3,6-7H2,1-2H3. The molecular weight excluding hydrogens is 610 g/mol. The largest absolute Gasteiger partial charge is 0.507 e. The number of hydrogen-bond acceptors (Lipinski definition) is 13. The van der Waals surface area contributed by atoms with Gasteiger partial charge < -0.3 is 44.4 Å². The van der Waals surface area contributed by atoms with Gasteiger partial charge in [-0.2, -0.15) is 0 Å². The maximum Gasteiger partial charge on any atom is 0.374 e. The lowest BCUT2D eigenvalue weighted by molar-refractivity contribution is -0.139. The molecular formula is C27H20BrNO12. The molecule has 0 fully saturated rings. The minimum atomic E-state index is -1.83. The van der Waals surface area contributed by atoms with E-state index in [1.54, 1.807) is 6.92 Å². The molecule has 13 nitrogen and oxygen atoms in total. The zero-order chi connectivity index (χ0) is 29.5. The fourth-order valence-electron chi connectivity index (χ4n) is 5.44. The molecule has 0 saturated carbocycles. The number of benzene rings is 2. The number of methoxy groups -OCH3 is 1. The number of ether oxygens (including phenoxy) is 3. The molecule has 2 unspecified atom stereocenters. The van der Waals surface area contributed by atoms with Crippen molar-refractivity contribution in [3.05, 3.63) is 60.7 Å². The second-order valence-electron chi connectivity index (χ2n) is 9.64. The van der Waals surface area contributed by atoms with E-state index in [1.807, 2.05) is 0 Å². The molecule has 1 spiro atoms. The Hall–Kier alpha value is -4.56. The number of ketones is 2. The van der Waals surface area contributed by atoms with Gasteiger partial charge in [0.05, 0.1) is 41.7 Å². The first kappa shape index (κ1) is 26.7. The van der Waals surface area contributed by atoms with Crippen molar-refractivity contribution in [2.75, 3.05) is 13.7 Å². The molecule has 2 aliphatic heterocycles. The Kier molecular flexibility index (Phi) is 5.83. The summed E-state index contributed by atoms with van der Waals surface area (Å²) >= 11 is 3.09. The number of aliphatic hydroxyl groups is 1. The van der Waals surface area contributed by atoms with Gasteiger partial charge in [-0.25, -0.2) is 9.59 Å². The number of allylic oxidation sites excluding steroid dienone is 2. The Labute approximate surface area is 237 Å². The minimum Gasteiger partial charge on any atom is -0.507 e. The Balaban J connectivity index is 1.46. The molecule has 1 aromatic heterocycles. The van der Waals surface area contributed by atoms with Gasteiger partial charge in [0.1, 0.15) is 16.8 Å². The molecule has 2 aromatic carbocycles. The van der Waals surface area contributed by atoms with E-state index in [1.165, 1.54) is 12.1 Å². The van der Waals surface area contributed by atoms with Gasteiger partial charge in [0.15, 0.2) is 23.0 Å². The predicted molar refractivity (Wildman–Crippen MR) is 141 cm³/mol. The van der Waals surface area contributed by atoms with Crippen LogP contribution >= 0.6 is 15.9 Å². The molecule has 0 bridgehead atoms. The highest BCUT2D eigenvalue weighted by atomic mass is 79.9. The fourth-order valence-corrected chi connectivity index (χ4v) is 5.96. The van der Waals surface area contributed by atoms with Gasteiger partial charge in [-0.3, -0.25) is 9.59 Å². The summed E-state index contributed by atoms with van der Waals surface area (Å²) in [5.41, 5.74) is -2.07. The lowest BCUT2D eigenvalue weighted by Crippen LogP contribution is -2.45. The van der Waals surface area contributed by atoms with E-state index in [0.29, 0.717) is 6.54 Å². The van der Waals surface area contributed by atoms with Crippen molar-refractivity contribution < 1.29 is 53.4 Å². The summed E-state index contributed by atoms with van der Waals surface area (Å²) < 4.78 is 21.4. The molecule has 3 aromatic rings. The van der Waals surface area contributed by atoms with E-state index in [0.717, 1.165) is 7.11 Å². The van der Waals surface area contributed by atoms with E-state index in [2.05, 4.69) is 26.0 Å². The number of nitrogens with one attached hydrogen (secondary N) is 1. The normalized spacial score (nSPS) is 20.8. The third-order valence-electron chi connectivity index (χ3n) is 7.23. The summed E-state index contributed by atoms with van der Waals surface area (Å²) in [7, 11) is 1.10. The van der Waals surface area contributed by atoms with Crippen LogP contribution < -0.4 is 20.4 Å². The van der Waals surface area contributed by atoms with Crippen molar-refractivity contribution in [2.24, 2.45) is 0 Å². The molecule has 0 amide bonds. The van der Waals surface area contributed by atoms with Crippen molar-refractivity contribution in [3.63, 3.8) is 0 Å². The van der Waals surface area contributed by atoms with Crippen LogP contribution in [0.15, 0.2) is 31.5 Å². The van der Waals surface area contributed by atoms with Crippen LogP contribution in [0.4, 0.5) is 0 Å². The molecule has 0 saturated heterocycles. The molecule has 3 heterocycles. The van der Waals surface area contributed by atoms with Crippen LogP contribution in [-0.2, 0) is 11.2 Å². The van der Waals surface area contributed by atoms with Crippen molar-refractivity contribution in [1.82, 2.24) is 5.32 Å². The lowest BCUT2D eigenvalue weighted by Gasteiger charge is -2.37. The second-order valence-corrected chi connectivity index (χ2v) is 10.4. The maximum atomic E-state index is 13.2. The van der Waals surface area contributed by atoms with E-state index in [4.69, 9.17) is 13.9 Å². The van der Waals surface area contributed by atoms with Crippen LogP contribution in [0.2, 0.25) is 0 Å². The molecule has 2 atom stereocenters. The monoisotopic (exact) mass is 629 g/mol. The SMILES string of the molecule is CCNC1=C(Br)C(=O)c2c(O)c3c(c(O)c2C1=O)OC1(C3)CC(O)c2cc3cc(C(=O)OC)oc(=O)c3c(O)c2O1. The third kappa shape index (κ3) is 3.63. The smallest absolute Gasteiger partial charge is 0.374 e. The third-order valence-corrected chi connectivity index (χ3v) is 7.99. The van der Waals surface area contributed by atoms with Gasteiger partial charge in [0.25, 0.3) is 5.79 Å². The lowest BCUT2D eigenvalue weighted by atomic mass is 9.86. The first-order chi connectivity index (χ1) is 19.4. The number of phenols is 3. The number of rotatable bonds is 3. The number of fused-ring (bicyclic) bond motifs is 4. The number of carbonyl (C=O) groups is 3. The minimum absolute atomic E-state index is 0.0584. The first-order valence-corrected chi connectivity index (χ1v) is 13.0. The maximum absolute atomic E-state index is 13.2. The molecule has 14 heteroatoms. The summed E-state index contributed by atoms with van der Waals surface area (Å²) in [6.07, 6.45) is -1.97. The second kappa shape index (κ2) is 8.97. The summed E-state index contributed by atoms with van der Waals surface area (Å²) in [4.78, 5) is 50.9. The van der Waals surface area contributed by atoms with Crippen LogP contribution in [0.25, 0.3) is 10.8 Å². The van der Waals surface area contributed by atoms with Crippen LogP contribution in [0, 0.1) is 0 Å².